The molecule has 0 aliphatic rings. The van der Waals surface area contributed by atoms with Gasteiger partial charge in [-0.1, -0.05) is 146 Å². The van der Waals surface area contributed by atoms with Gasteiger partial charge < -0.3 is 8.83 Å². The number of para-hydroxylation sites is 2. The molecule has 5 heteroatoms. The van der Waals surface area contributed by atoms with Gasteiger partial charge in [-0.25, -0.2) is 15.0 Å². The average Bonchev–Trinajstić information content (AvgIpc) is 3.82. The molecule has 54 heavy (non-hydrogen) atoms. The van der Waals surface area contributed by atoms with Crippen LogP contribution in [0.25, 0.3) is 111 Å². The SMILES string of the molecule is c1ccc(-c2ccccc2-c2nc(-c3ccc4oc5ccccc5c4c3)nc(-c3cc4c5cccc(-c6ccccc6)c5oc4c4ccccc34)n2)cc1. The maximum absolute atomic E-state index is 6.80. The van der Waals surface area contributed by atoms with Gasteiger partial charge >= 0.3 is 0 Å². The summed E-state index contributed by atoms with van der Waals surface area (Å²) < 4.78 is 13.0. The predicted octanol–water partition coefficient (Wildman–Crippen LogP) is 13.2. The highest BCUT2D eigenvalue weighted by atomic mass is 16.3. The molecule has 0 bridgehead atoms. The molecule has 3 heterocycles. The fraction of sp³-hybridized carbons (Fsp3) is 0. The van der Waals surface area contributed by atoms with Crippen molar-refractivity contribution in [1.29, 1.82) is 0 Å². The number of rotatable bonds is 5. The Labute approximate surface area is 309 Å². The Balaban J connectivity index is 1.20. The van der Waals surface area contributed by atoms with E-state index in [0.29, 0.717) is 17.5 Å². The van der Waals surface area contributed by atoms with Crippen LogP contribution in [0.2, 0.25) is 0 Å². The summed E-state index contributed by atoms with van der Waals surface area (Å²) in [4.78, 5) is 15.8. The first kappa shape index (κ1) is 30.3. The summed E-state index contributed by atoms with van der Waals surface area (Å²) in [6.45, 7) is 0. The maximum atomic E-state index is 6.80. The van der Waals surface area contributed by atoms with Crippen LogP contribution in [0.1, 0.15) is 0 Å². The summed E-state index contributed by atoms with van der Waals surface area (Å²) in [5.41, 5.74) is 10.4. The standard InChI is InChI=1S/C49H29N3O2/c1-3-14-30(15-4-1)33-18-7-10-22-39(33)48-50-47(32-26-27-44-40(28-32)36-20-11-12-25-43(36)53-44)51-49(52-48)42-29-41-38-24-13-23-34(31-16-5-2-6-17-31)45(38)54-46(41)37-21-9-8-19-35(37)42/h1-29H. The smallest absolute Gasteiger partial charge is 0.164 e. The number of aromatic nitrogens is 3. The molecule has 0 aliphatic heterocycles. The molecular weight excluding hydrogens is 663 g/mol. The second-order valence-electron chi connectivity index (χ2n) is 13.5. The van der Waals surface area contributed by atoms with Gasteiger partial charge in [-0.3, -0.25) is 0 Å². The van der Waals surface area contributed by atoms with E-state index in [1.165, 1.54) is 0 Å². The lowest BCUT2D eigenvalue weighted by Gasteiger charge is -2.13. The van der Waals surface area contributed by atoms with E-state index in [9.17, 15) is 0 Å². The van der Waals surface area contributed by atoms with Crippen molar-refractivity contribution in [2.45, 2.75) is 0 Å². The molecule has 252 valence electrons. The zero-order valence-electron chi connectivity index (χ0n) is 28.9. The van der Waals surface area contributed by atoms with E-state index in [4.69, 9.17) is 23.8 Å². The Hall–Kier alpha value is -7.37. The van der Waals surface area contributed by atoms with Gasteiger partial charge in [0, 0.05) is 49.2 Å². The molecule has 11 rings (SSSR count). The summed E-state index contributed by atoms with van der Waals surface area (Å²) >= 11 is 0. The number of furan rings is 2. The molecule has 0 amide bonds. The Morgan fingerprint density at radius 2 is 0.833 bits per heavy atom. The average molecular weight is 692 g/mol. The minimum absolute atomic E-state index is 0.581. The van der Waals surface area contributed by atoms with Crippen LogP contribution < -0.4 is 0 Å². The van der Waals surface area contributed by atoms with Crippen LogP contribution in [0.5, 0.6) is 0 Å². The van der Waals surface area contributed by atoms with Crippen molar-refractivity contribution in [3.63, 3.8) is 0 Å². The van der Waals surface area contributed by atoms with E-state index in [0.717, 1.165) is 93.6 Å². The van der Waals surface area contributed by atoms with Crippen molar-refractivity contribution in [3.8, 4) is 56.4 Å². The lowest BCUT2D eigenvalue weighted by molar-refractivity contribution is 0.669. The van der Waals surface area contributed by atoms with Gasteiger partial charge in [0.1, 0.15) is 22.3 Å². The van der Waals surface area contributed by atoms with Crippen LogP contribution in [0.15, 0.2) is 185 Å². The lowest BCUT2D eigenvalue weighted by Crippen LogP contribution is -2.01. The molecule has 0 saturated heterocycles. The van der Waals surface area contributed by atoms with E-state index in [2.05, 4.69) is 127 Å². The molecule has 0 spiro atoms. The molecule has 0 radical (unpaired) electrons. The second-order valence-corrected chi connectivity index (χ2v) is 13.5. The van der Waals surface area contributed by atoms with Gasteiger partial charge in [0.2, 0.25) is 0 Å². The Morgan fingerprint density at radius 3 is 1.63 bits per heavy atom. The van der Waals surface area contributed by atoms with Gasteiger partial charge in [-0.05, 0) is 52.4 Å². The molecule has 8 aromatic carbocycles. The Morgan fingerprint density at radius 1 is 0.278 bits per heavy atom. The highest BCUT2D eigenvalue weighted by Crippen LogP contribution is 2.43. The molecule has 0 aliphatic carbocycles. The second kappa shape index (κ2) is 12.1. The van der Waals surface area contributed by atoms with E-state index in [1.54, 1.807) is 0 Å². The van der Waals surface area contributed by atoms with E-state index in [-0.39, 0.29) is 0 Å². The molecule has 5 nitrogen and oxygen atoms in total. The fourth-order valence-electron chi connectivity index (χ4n) is 7.81. The largest absolute Gasteiger partial charge is 0.456 e. The van der Waals surface area contributed by atoms with Gasteiger partial charge in [-0.2, -0.15) is 0 Å². The van der Waals surface area contributed by atoms with Gasteiger partial charge in [0.15, 0.2) is 17.5 Å². The normalized spacial score (nSPS) is 11.7. The van der Waals surface area contributed by atoms with Crippen molar-refractivity contribution in [3.05, 3.63) is 176 Å². The number of fused-ring (bicyclic) bond motifs is 8. The first-order valence-electron chi connectivity index (χ1n) is 18.0. The third-order valence-corrected chi connectivity index (χ3v) is 10.4. The summed E-state index contributed by atoms with van der Waals surface area (Å²) in [5, 5.41) is 6.12. The van der Waals surface area contributed by atoms with Crippen molar-refractivity contribution in [2.75, 3.05) is 0 Å². The quantitative estimate of drug-likeness (QED) is 0.180. The highest BCUT2D eigenvalue weighted by molar-refractivity contribution is 6.20. The zero-order chi connectivity index (χ0) is 35.6. The number of benzene rings is 8. The zero-order valence-corrected chi connectivity index (χ0v) is 28.9. The number of hydrogen-bond acceptors (Lipinski definition) is 5. The maximum Gasteiger partial charge on any atom is 0.164 e. The van der Waals surface area contributed by atoms with Gasteiger partial charge in [0.25, 0.3) is 0 Å². The van der Waals surface area contributed by atoms with E-state index in [1.807, 2.05) is 48.5 Å². The summed E-state index contributed by atoms with van der Waals surface area (Å²) in [5.74, 6) is 1.76. The third kappa shape index (κ3) is 4.83. The van der Waals surface area contributed by atoms with Crippen LogP contribution in [0.3, 0.4) is 0 Å². The molecule has 0 unspecified atom stereocenters. The minimum Gasteiger partial charge on any atom is -0.456 e. The fourth-order valence-corrected chi connectivity index (χ4v) is 7.81. The molecule has 0 fully saturated rings. The molecule has 0 saturated carbocycles. The first-order chi connectivity index (χ1) is 26.8. The lowest BCUT2D eigenvalue weighted by atomic mass is 9.97. The first-order valence-corrected chi connectivity index (χ1v) is 18.0. The van der Waals surface area contributed by atoms with Crippen LogP contribution in [0.4, 0.5) is 0 Å². The predicted molar refractivity (Wildman–Crippen MR) is 219 cm³/mol. The molecule has 11 aromatic rings. The molecule has 3 aromatic heterocycles. The molecular formula is C49H29N3O2. The summed E-state index contributed by atoms with van der Waals surface area (Å²) in [7, 11) is 0. The molecule has 0 atom stereocenters. The van der Waals surface area contributed by atoms with Crippen molar-refractivity contribution < 1.29 is 8.83 Å². The van der Waals surface area contributed by atoms with Gasteiger partial charge in [0.05, 0.1) is 0 Å². The topological polar surface area (TPSA) is 65.0 Å². The van der Waals surface area contributed by atoms with E-state index >= 15 is 0 Å². The van der Waals surface area contributed by atoms with Crippen molar-refractivity contribution in [1.82, 2.24) is 15.0 Å². The van der Waals surface area contributed by atoms with Crippen LogP contribution in [-0.2, 0) is 0 Å². The van der Waals surface area contributed by atoms with E-state index < -0.39 is 0 Å². The number of nitrogens with zero attached hydrogens (tertiary/aromatic N) is 3. The third-order valence-electron chi connectivity index (χ3n) is 10.4. The van der Waals surface area contributed by atoms with Crippen LogP contribution >= 0.6 is 0 Å². The summed E-state index contributed by atoms with van der Waals surface area (Å²) in [6, 6.07) is 60.3. The van der Waals surface area contributed by atoms with Gasteiger partial charge in [-0.15, -0.1) is 0 Å². The molecule has 0 N–H and O–H groups in total. The minimum atomic E-state index is 0.581. The highest BCUT2D eigenvalue weighted by Gasteiger charge is 2.21. The van der Waals surface area contributed by atoms with Crippen molar-refractivity contribution in [2.24, 2.45) is 0 Å². The van der Waals surface area contributed by atoms with Crippen LogP contribution in [-0.4, -0.2) is 15.0 Å². The Kier molecular flexibility index (Phi) is 6.79. The number of hydrogen-bond donors (Lipinski definition) is 0. The van der Waals surface area contributed by atoms with Crippen LogP contribution in [0, 0.1) is 0 Å². The summed E-state index contributed by atoms with van der Waals surface area (Å²) in [6.07, 6.45) is 0. The Bertz CT molecular complexity index is 3220. The van der Waals surface area contributed by atoms with Crippen molar-refractivity contribution >= 4 is 54.6 Å². The monoisotopic (exact) mass is 691 g/mol.